The Labute approximate surface area is 137 Å². The van der Waals surface area contributed by atoms with Crippen LogP contribution in [0.2, 0.25) is 0 Å². The molecule has 6 heteroatoms. The van der Waals surface area contributed by atoms with Gasteiger partial charge >= 0.3 is 5.97 Å². The van der Waals surface area contributed by atoms with Crippen LogP contribution in [0.15, 0.2) is 12.3 Å². The molecule has 0 saturated carbocycles. The van der Waals surface area contributed by atoms with Crippen LogP contribution in [0.4, 0.5) is 11.8 Å². The minimum atomic E-state index is -0.682. The molecule has 0 aliphatic carbocycles. The molecule has 1 aromatic rings. The predicted octanol–water partition coefficient (Wildman–Crippen LogP) is 2.55. The summed E-state index contributed by atoms with van der Waals surface area (Å²) in [6.07, 6.45) is 8.08. The summed E-state index contributed by atoms with van der Waals surface area (Å²) in [5.74, 6) is 0.855. The Morgan fingerprint density at radius 2 is 2.04 bits per heavy atom. The second-order valence-corrected chi connectivity index (χ2v) is 6.57. The van der Waals surface area contributed by atoms with Crippen molar-refractivity contribution >= 4 is 17.7 Å². The van der Waals surface area contributed by atoms with Crippen molar-refractivity contribution in [2.45, 2.75) is 51.5 Å². The molecule has 1 N–H and O–H groups in total. The summed E-state index contributed by atoms with van der Waals surface area (Å²) < 4.78 is 0. The molecule has 1 atom stereocenters. The molecule has 6 nitrogen and oxygen atoms in total. The van der Waals surface area contributed by atoms with Gasteiger partial charge in [-0.05, 0) is 44.6 Å². The first kappa shape index (κ1) is 16.0. The van der Waals surface area contributed by atoms with E-state index in [1.807, 2.05) is 12.3 Å². The van der Waals surface area contributed by atoms with E-state index in [1.165, 1.54) is 19.3 Å². The number of piperidine rings is 2. The zero-order valence-electron chi connectivity index (χ0n) is 13.8. The van der Waals surface area contributed by atoms with Gasteiger partial charge in [-0.25, -0.2) is 4.98 Å². The van der Waals surface area contributed by atoms with E-state index >= 15 is 0 Å². The van der Waals surface area contributed by atoms with Crippen LogP contribution in [0.5, 0.6) is 0 Å². The molecule has 2 saturated heterocycles. The fourth-order valence-electron chi connectivity index (χ4n) is 3.70. The number of carboxylic acids is 1. The van der Waals surface area contributed by atoms with E-state index in [0.717, 1.165) is 37.8 Å². The molecule has 1 unspecified atom stereocenters. The second kappa shape index (κ2) is 7.15. The summed E-state index contributed by atoms with van der Waals surface area (Å²) in [7, 11) is 0. The van der Waals surface area contributed by atoms with E-state index in [2.05, 4.69) is 21.7 Å². The van der Waals surface area contributed by atoms with Crippen molar-refractivity contribution in [3.63, 3.8) is 0 Å². The monoisotopic (exact) mass is 318 g/mol. The van der Waals surface area contributed by atoms with Crippen LogP contribution >= 0.6 is 0 Å². The Bertz CT molecular complexity index is 543. The molecule has 3 rings (SSSR count). The number of rotatable bonds is 4. The van der Waals surface area contributed by atoms with Gasteiger partial charge in [-0.15, -0.1) is 0 Å². The molecule has 0 radical (unpaired) electrons. The molecule has 0 bridgehead atoms. The summed E-state index contributed by atoms with van der Waals surface area (Å²) in [5.41, 5.74) is 0. The highest BCUT2D eigenvalue weighted by molar-refractivity contribution is 5.70. The zero-order valence-corrected chi connectivity index (χ0v) is 13.8. The van der Waals surface area contributed by atoms with E-state index in [0.29, 0.717) is 18.9 Å². The number of carbonyl (C=O) groups is 1. The van der Waals surface area contributed by atoms with Gasteiger partial charge in [0.2, 0.25) is 5.95 Å². The minimum Gasteiger partial charge on any atom is -0.481 e. The summed E-state index contributed by atoms with van der Waals surface area (Å²) in [6.45, 7) is 4.74. The largest absolute Gasteiger partial charge is 0.481 e. The first-order chi connectivity index (χ1) is 11.2. The quantitative estimate of drug-likeness (QED) is 0.920. The number of carboxylic acid groups (broad SMARTS) is 1. The van der Waals surface area contributed by atoms with Gasteiger partial charge in [0.1, 0.15) is 5.82 Å². The maximum Gasteiger partial charge on any atom is 0.306 e. The highest BCUT2D eigenvalue weighted by Crippen LogP contribution is 2.27. The number of anilines is 2. The third-order valence-corrected chi connectivity index (χ3v) is 5.15. The fourth-order valence-corrected chi connectivity index (χ4v) is 3.70. The SMILES string of the molecule is CCC1CCCCN1c1ccnc(N2CCC(C(=O)O)CC2)n1. The molecule has 2 fully saturated rings. The average molecular weight is 318 g/mol. The molecule has 2 aliphatic rings. The maximum absolute atomic E-state index is 11.1. The number of aromatic nitrogens is 2. The average Bonchev–Trinajstić information content (AvgIpc) is 2.62. The summed E-state index contributed by atoms with van der Waals surface area (Å²) in [5, 5.41) is 9.11. The lowest BCUT2D eigenvalue weighted by Gasteiger charge is -2.37. The van der Waals surface area contributed by atoms with Crippen LogP contribution in [0.1, 0.15) is 45.4 Å². The molecule has 23 heavy (non-hydrogen) atoms. The highest BCUT2D eigenvalue weighted by atomic mass is 16.4. The van der Waals surface area contributed by atoms with Gasteiger partial charge in [0, 0.05) is 31.9 Å². The minimum absolute atomic E-state index is 0.221. The van der Waals surface area contributed by atoms with Gasteiger partial charge in [-0.2, -0.15) is 4.98 Å². The number of hydrogen-bond acceptors (Lipinski definition) is 5. The third kappa shape index (κ3) is 3.57. The fraction of sp³-hybridized carbons (Fsp3) is 0.706. The predicted molar refractivity (Wildman–Crippen MR) is 89.9 cm³/mol. The Balaban J connectivity index is 1.71. The Morgan fingerprint density at radius 1 is 1.26 bits per heavy atom. The van der Waals surface area contributed by atoms with Crippen molar-refractivity contribution < 1.29 is 9.90 Å². The topological polar surface area (TPSA) is 69.6 Å². The van der Waals surface area contributed by atoms with Gasteiger partial charge < -0.3 is 14.9 Å². The Kier molecular flexibility index (Phi) is 4.98. The Morgan fingerprint density at radius 3 is 2.74 bits per heavy atom. The molecule has 1 aromatic heterocycles. The van der Waals surface area contributed by atoms with Crippen LogP contribution in [-0.4, -0.2) is 46.7 Å². The first-order valence-electron chi connectivity index (χ1n) is 8.76. The van der Waals surface area contributed by atoms with Crippen molar-refractivity contribution in [2.24, 2.45) is 5.92 Å². The van der Waals surface area contributed by atoms with Crippen LogP contribution in [0, 0.1) is 5.92 Å². The van der Waals surface area contributed by atoms with E-state index in [4.69, 9.17) is 10.1 Å². The maximum atomic E-state index is 11.1. The molecule has 0 spiro atoms. The van der Waals surface area contributed by atoms with Crippen molar-refractivity contribution in [1.82, 2.24) is 9.97 Å². The number of aliphatic carboxylic acids is 1. The third-order valence-electron chi connectivity index (χ3n) is 5.15. The van der Waals surface area contributed by atoms with Crippen LogP contribution in [-0.2, 0) is 4.79 Å². The van der Waals surface area contributed by atoms with Gasteiger partial charge in [0.15, 0.2) is 0 Å². The molecule has 0 amide bonds. The first-order valence-corrected chi connectivity index (χ1v) is 8.76. The molecule has 0 aromatic carbocycles. The van der Waals surface area contributed by atoms with Gasteiger partial charge in [-0.3, -0.25) is 4.79 Å². The number of nitrogens with zero attached hydrogens (tertiary/aromatic N) is 4. The summed E-state index contributed by atoms with van der Waals surface area (Å²) in [4.78, 5) is 24.8. The highest BCUT2D eigenvalue weighted by Gasteiger charge is 2.27. The van der Waals surface area contributed by atoms with Crippen molar-refractivity contribution in [3.05, 3.63) is 12.3 Å². The van der Waals surface area contributed by atoms with Crippen LogP contribution in [0.25, 0.3) is 0 Å². The van der Waals surface area contributed by atoms with E-state index in [9.17, 15) is 4.79 Å². The van der Waals surface area contributed by atoms with Crippen molar-refractivity contribution in [2.75, 3.05) is 29.4 Å². The normalized spacial score (nSPS) is 23.1. The molecule has 126 valence electrons. The lowest BCUT2D eigenvalue weighted by Crippen LogP contribution is -2.40. The lowest BCUT2D eigenvalue weighted by molar-refractivity contribution is -0.142. The summed E-state index contributed by atoms with van der Waals surface area (Å²) >= 11 is 0. The van der Waals surface area contributed by atoms with Crippen LogP contribution < -0.4 is 9.80 Å². The van der Waals surface area contributed by atoms with Crippen molar-refractivity contribution in [3.8, 4) is 0 Å². The van der Waals surface area contributed by atoms with E-state index < -0.39 is 5.97 Å². The zero-order chi connectivity index (χ0) is 16.2. The van der Waals surface area contributed by atoms with Crippen molar-refractivity contribution in [1.29, 1.82) is 0 Å². The smallest absolute Gasteiger partial charge is 0.306 e. The van der Waals surface area contributed by atoms with Gasteiger partial charge in [0.05, 0.1) is 5.92 Å². The number of hydrogen-bond donors (Lipinski definition) is 1. The summed E-state index contributed by atoms with van der Waals surface area (Å²) in [6, 6.07) is 2.57. The standard InChI is InChI=1S/C17H26N4O2/c1-2-14-5-3-4-10-21(14)15-6-9-18-17(19-15)20-11-7-13(8-12-20)16(22)23/h6,9,13-14H,2-5,7-8,10-12H2,1H3,(H,22,23). The lowest BCUT2D eigenvalue weighted by atomic mass is 9.97. The Hall–Kier alpha value is -1.85. The van der Waals surface area contributed by atoms with E-state index in [1.54, 1.807) is 0 Å². The van der Waals surface area contributed by atoms with Crippen LogP contribution in [0.3, 0.4) is 0 Å². The van der Waals surface area contributed by atoms with Gasteiger partial charge in [0.25, 0.3) is 0 Å². The molecule has 3 heterocycles. The van der Waals surface area contributed by atoms with E-state index in [-0.39, 0.29) is 5.92 Å². The molecular weight excluding hydrogens is 292 g/mol. The second-order valence-electron chi connectivity index (χ2n) is 6.57. The molecule has 2 aliphatic heterocycles. The van der Waals surface area contributed by atoms with Gasteiger partial charge in [-0.1, -0.05) is 6.92 Å². The molecular formula is C17H26N4O2.